The van der Waals surface area contributed by atoms with Crippen molar-refractivity contribution < 1.29 is 23.4 Å². The van der Waals surface area contributed by atoms with Crippen LogP contribution in [-0.4, -0.2) is 18.2 Å². The average Bonchev–Trinajstić information content (AvgIpc) is 2.96. The molecule has 1 N–H and O–H groups in total. The first-order valence-corrected chi connectivity index (χ1v) is 4.80. The van der Waals surface area contributed by atoms with Gasteiger partial charge in [-0.25, -0.2) is 8.78 Å². The number of carboxylic acid groups (broad SMARTS) is 1. The molecule has 0 aromatic heterocycles. The summed E-state index contributed by atoms with van der Waals surface area (Å²) in [6.45, 7) is 0. The van der Waals surface area contributed by atoms with E-state index in [-0.39, 0.29) is 17.7 Å². The molecule has 0 amide bonds. The van der Waals surface area contributed by atoms with Crippen molar-refractivity contribution in [3.05, 3.63) is 29.3 Å². The van der Waals surface area contributed by atoms with E-state index in [0.717, 1.165) is 12.1 Å². The Balaban J connectivity index is 2.33. The fourth-order valence-corrected chi connectivity index (χ4v) is 1.82. The fourth-order valence-electron chi connectivity index (χ4n) is 1.82. The zero-order chi connectivity index (χ0) is 11.9. The second kappa shape index (κ2) is 3.73. The summed E-state index contributed by atoms with van der Waals surface area (Å²) in [6, 6.07) is 2.13. The molecule has 0 heterocycles. The molecule has 0 spiro atoms. The molecule has 0 bridgehead atoms. The molecule has 1 fully saturated rings. The highest BCUT2D eigenvalue weighted by atomic mass is 19.1. The first kappa shape index (κ1) is 10.9. The Labute approximate surface area is 90.7 Å². The molecular formula is C11H10F2O3. The van der Waals surface area contributed by atoms with Crippen molar-refractivity contribution in [2.24, 2.45) is 5.92 Å². The second-order valence-electron chi connectivity index (χ2n) is 3.79. The number of hydrogen-bond donors (Lipinski definition) is 1. The third-order valence-corrected chi connectivity index (χ3v) is 2.77. The molecule has 1 saturated carbocycles. The van der Waals surface area contributed by atoms with Gasteiger partial charge in [0, 0.05) is 23.6 Å². The van der Waals surface area contributed by atoms with Crippen molar-refractivity contribution in [2.75, 3.05) is 7.11 Å². The minimum Gasteiger partial charge on any atom is -0.497 e. The van der Waals surface area contributed by atoms with Crippen LogP contribution in [0.2, 0.25) is 0 Å². The van der Waals surface area contributed by atoms with Gasteiger partial charge in [-0.05, 0) is 6.42 Å². The number of carboxylic acids is 1. The first-order chi connectivity index (χ1) is 7.54. The van der Waals surface area contributed by atoms with Crippen LogP contribution in [0.1, 0.15) is 17.9 Å². The van der Waals surface area contributed by atoms with E-state index in [1.807, 2.05) is 0 Å². The van der Waals surface area contributed by atoms with Crippen molar-refractivity contribution in [1.82, 2.24) is 0 Å². The van der Waals surface area contributed by atoms with E-state index in [0.29, 0.717) is 0 Å². The highest BCUT2D eigenvalue weighted by molar-refractivity contribution is 5.75. The van der Waals surface area contributed by atoms with Gasteiger partial charge in [0.15, 0.2) is 0 Å². The summed E-state index contributed by atoms with van der Waals surface area (Å²) in [5, 5.41) is 8.70. The molecule has 86 valence electrons. The Morgan fingerprint density at radius 2 is 2.00 bits per heavy atom. The molecule has 16 heavy (non-hydrogen) atoms. The predicted molar refractivity (Wildman–Crippen MR) is 51.4 cm³/mol. The highest BCUT2D eigenvalue weighted by Gasteiger charge is 2.47. The summed E-state index contributed by atoms with van der Waals surface area (Å²) in [6.07, 6.45) is 0.287. The van der Waals surface area contributed by atoms with E-state index in [4.69, 9.17) is 9.84 Å². The zero-order valence-corrected chi connectivity index (χ0v) is 8.54. The SMILES string of the molecule is COc1cc(F)c([C@@H]2C[C@H]2C(=O)O)c(F)c1. The van der Waals surface area contributed by atoms with Crippen molar-refractivity contribution in [3.8, 4) is 5.75 Å². The largest absolute Gasteiger partial charge is 0.497 e. The van der Waals surface area contributed by atoms with Gasteiger partial charge in [0.1, 0.15) is 17.4 Å². The Kier molecular flexibility index (Phi) is 2.53. The Hall–Kier alpha value is -1.65. The quantitative estimate of drug-likeness (QED) is 0.862. The van der Waals surface area contributed by atoms with Crippen LogP contribution in [-0.2, 0) is 4.79 Å². The van der Waals surface area contributed by atoms with Crippen LogP contribution < -0.4 is 4.74 Å². The van der Waals surface area contributed by atoms with E-state index in [1.54, 1.807) is 0 Å². The number of halogens is 2. The first-order valence-electron chi connectivity index (χ1n) is 4.80. The van der Waals surface area contributed by atoms with Crippen LogP contribution in [0.3, 0.4) is 0 Å². The molecule has 1 aliphatic rings. The number of rotatable bonds is 3. The number of hydrogen-bond acceptors (Lipinski definition) is 2. The third kappa shape index (κ3) is 1.73. The number of aliphatic carboxylic acids is 1. The van der Waals surface area contributed by atoms with Gasteiger partial charge in [0.25, 0.3) is 0 Å². The maximum Gasteiger partial charge on any atom is 0.307 e. The van der Waals surface area contributed by atoms with E-state index in [9.17, 15) is 13.6 Å². The lowest BCUT2D eigenvalue weighted by molar-refractivity contribution is -0.138. The zero-order valence-electron chi connectivity index (χ0n) is 8.54. The van der Waals surface area contributed by atoms with E-state index < -0.39 is 29.4 Å². The number of benzene rings is 1. The summed E-state index contributed by atoms with van der Waals surface area (Å²) in [4.78, 5) is 10.6. The van der Waals surface area contributed by atoms with Crippen LogP contribution in [0.4, 0.5) is 8.78 Å². The van der Waals surface area contributed by atoms with Gasteiger partial charge < -0.3 is 9.84 Å². The van der Waals surface area contributed by atoms with Crippen LogP contribution in [0.25, 0.3) is 0 Å². The summed E-state index contributed by atoms with van der Waals surface area (Å²) in [5.74, 6) is -3.64. The van der Waals surface area contributed by atoms with E-state index in [1.165, 1.54) is 7.11 Å². The van der Waals surface area contributed by atoms with Crippen LogP contribution in [0.5, 0.6) is 5.75 Å². The lowest BCUT2D eigenvalue weighted by atomic mass is 10.1. The molecular weight excluding hydrogens is 218 g/mol. The van der Waals surface area contributed by atoms with Crippen LogP contribution in [0.15, 0.2) is 12.1 Å². The smallest absolute Gasteiger partial charge is 0.307 e. The molecule has 1 aromatic carbocycles. The Morgan fingerprint density at radius 1 is 1.44 bits per heavy atom. The van der Waals surface area contributed by atoms with Gasteiger partial charge in [-0.2, -0.15) is 0 Å². The van der Waals surface area contributed by atoms with Gasteiger partial charge in [-0.3, -0.25) is 4.79 Å². The topological polar surface area (TPSA) is 46.5 Å². The van der Waals surface area contributed by atoms with Gasteiger partial charge in [-0.1, -0.05) is 0 Å². The highest BCUT2D eigenvalue weighted by Crippen LogP contribution is 2.49. The maximum atomic E-state index is 13.5. The van der Waals surface area contributed by atoms with Crippen molar-refractivity contribution >= 4 is 5.97 Å². The summed E-state index contributed by atoms with van der Waals surface area (Å²) in [7, 11) is 1.31. The lowest BCUT2D eigenvalue weighted by Gasteiger charge is -2.06. The maximum absolute atomic E-state index is 13.5. The van der Waals surface area contributed by atoms with Gasteiger partial charge in [-0.15, -0.1) is 0 Å². The molecule has 0 saturated heterocycles. The lowest BCUT2D eigenvalue weighted by Crippen LogP contribution is -2.02. The van der Waals surface area contributed by atoms with E-state index in [2.05, 4.69) is 0 Å². The average molecular weight is 228 g/mol. The summed E-state index contributed by atoms with van der Waals surface area (Å²) >= 11 is 0. The molecule has 2 atom stereocenters. The number of carbonyl (C=O) groups is 1. The molecule has 0 radical (unpaired) electrons. The molecule has 0 aliphatic heterocycles. The standard InChI is InChI=1S/C11H10F2O3/c1-16-5-2-8(12)10(9(13)3-5)6-4-7(6)11(14)15/h2-3,6-7H,4H2,1H3,(H,14,15)/t6-,7-/m1/s1. The summed E-state index contributed by atoms with van der Waals surface area (Å²) in [5.41, 5.74) is -0.145. The molecule has 2 rings (SSSR count). The Morgan fingerprint density at radius 3 is 2.38 bits per heavy atom. The summed E-state index contributed by atoms with van der Waals surface area (Å²) < 4.78 is 31.7. The normalized spacial score (nSPS) is 22.9. The molecule has 0 unspecified atom stereocenters. The van der Waals surface area contributed by atoms with Gasteiger partial charge in [0.05, 0.1) is 13.0 Å². The van der Waals surface area contributed by atoms with Gasteiger partial charge in [0.2, 0.25) is 0 Å². The molecule has 1 aliphatic carbocycles. The third-order valence-electron chi connectivity index (χ3n) is 2.77. The van der Waals surface area contributed by atoms with Gasteiger partial charge >= 0.3 is 5.97 Å². The number of methoxy groups -OCH3 is 1. The Bertz CT molecular complexity index is 422. The molecule has 5 heteroatoms. The van der Waals surface area contributed by atoms with Crippen molar-refractivity contribution in [3.63, 3.8) is 0 Å². The molecule has 1 aromatic rings. The van der Waals surface area contributed by atoms with Crippen molar-refractivity contribution in [1.29, 1.82) is 0 Å². The minimum atomic E-state index is -1.01. The van der Waals surface area contributed by atoms with Crippen LogP contribution in [0, 0.1) is 17.6 Å². The van der Waals surface area contributed by atoms with Crippen LogP contribution >= 0.6 is 0 Å². The second-order valence-corrected chi connectivity index (χ2v) is 3.79. The fraction of sp³-hybridized carbons (Fsp3) is 0.364. The van der Waals surface area contributed by atoms with Crippen molar-refractivity contribution in [2.45, 2.75) is 12.3 Å². The molecule has 3 nitrogen and oxygen atoms in total. The monoisotopic (exact) mass is 228 g/mol. The number of ether oxygens (including phenoxy) is 1. The minimum absolute atomic E-state index is 0.0891. The van der Waals surface area contributed by atoms with E-state index >= 15 is 0 Å². The predicted octanol–water partition coefficient (Wildman–Crippen LogP) is 2.16.